The van der Waals surface area contributed by atoms with Crippen molar-refractivity contribution in [1.82, 2.24) is 9.97 Å². The second-order valence-electron chi connectivity index (χ2n) is 3.58. The van der Waals surface area contributed by atoms with Gasteiger partial charge in [-0.2, -0.15) is 0 Å². The molecule has 0 saturated heterocycles. The van der Waals surface area contributed by atoms with Gasteiger partial charge in [0.15, 0.2) is 5.95 Å². The minimum Gasteiger partial charge on any atom is -0.369 e. The number of aromatic nitrogens is 2. The molecular formula is C11H15N3. The highest BCUT2D eigenvalue weighted by molar-refractivity contribution is 5.77. The second kappa shape index (κ2) is 3.70. The lowest BCUT2D eigenvalue weighted by molar-refractivity contribution is 0.796. The van der Waals surface area contributed by atoms with E-state index in [0.29, 0.717) is 5.95 Å². The number of imidazole rings is 1. The number of unbranched alkanes of at least 4 members (excludes halogenated alkanes) is 1. The zero-order chi connectivity index (χ0) is 9.97. The van der Waals surface area contributed by atoms with Crippen molar-refractivity contribution in [2.75, 3.05) is 5.73 Å². The van der Waals surface area contributed by atoms with E-state index in [9.17, 15) is 0 Å². The van der Waals surface area contributed by atoms with E-state index in [1.807, 2.05) is 6.07 Å². The molecule has 3 nitrogen and oxygen atoms in total. The third-order valence-electron chi connectivity index (χ3n) is 2.38. The molecule has 3 heteroatoms. The SMILES string of the molecule is CCCCc1ccc2[nH]c(N)nc2c1. The fraction of sp³-hybridized carbons (Fsp3) is 0.364. The van der Waals surface area contributed by atoms with E-state index in [0.717, 1.165) is 17.5 Å². The highest BCUT2D eigenvalue weighted by Crippen LogP contribution is 2.15. The number of aryl methyl sites for hydroxylation is 1. The van der Waals surface area contributed by atoms with Crippen LogP contribution in [0, 0.1) is 0 Å². The summed E-state index contributed by atoms with van der Waals surface area (Å²) >= 11 is 0. The minimum atomic E-state index is 0.493. The van der Waals surface area contributed by atoms with Crippen LogP contribution < -0.4 is 5.73 Å². The zero-order valence-electron chi connectivity index (χ0n) is 8.38. The quantitative estimate of drug-likeness (QED) is 0.779. The second-order valence-corrected chi connectivity index (χ2v) is 3.58. The molecule has 0 radical (unpaired) electrons. The number of nitrogens with one attached hydrogen (secondary N) is 1. The Balaban J connectivity index is 2.31. The van der Waals surface area contributed by atoms with E-state index < -0.39 is 0 Å². The molecule has 3 N–H and O–H groups in total. The third kappa shape index (κ3) is 1.71. The highest BCUT2D eigenvalue weighted by Gasteiger charge is 2.00. The topological polar surface area (TPSA) is 54.7 Å². The molecule has 0 unspecified atom stereocenters. The van der Waals surface area contributed by atoms with Gasteiger partial charge in [0.05, 0.1) is 11.0 Å². The number of fused-ring (bicyclic) bond motifs is 1. The molecule has 0 saturated carbocycles. The first-order chi connectivity index (χ1) is 6.79. The number of benzene rings is 1. The van der Waals surface area contributed by atoms with E-state index >= 15 is 0 Å². The van der Waals surface area contributed by atoms with Crippen molar-refractivity contribution >= 4 is 17.0 Å². The van der Waals surface area contributed by atoms with Crippen molar-refractivity contribution in [3.8, 4) is 0 Å². The fourth-order valence-electron chi connectivity index (χ4n) is 1.61. The predicted molar refractivity (Wildman–Crippen MR) is 59.1 cm³/mol. The molecule has 0 aliphatic heterocycles. The summed E-state index contributed by atoms with van der Waals surface area (Å²) in [5, 5.41) is 0. The van der Waals surface area contributed by atoms with Gasteiger partial charge in [0.25, 0.3) is 0 Å². The molecule has 0 atom stereocenters. The molecule has 2 aromatic rings. The number of nitrogen functional groups attached to an aromatic ring is 1. The van der Waals surface area contributed by atoms with Gasteiger partial charge >= 0.3 is 0 Å². The minimum absolute atomic E-state index is 0.493. The van der Waals surface area contributed by atoms with Gasteiger partial charge in [0, 0.05) is 0 Å². The van der Waals surface area contributed by atoms with Gasteiger partial charge in [-0.25, -0.2) is 4.98 Å². The summed E-state index contributed by atoms with van der Waals surface area (Å²) in [6, 6.07) is 6.29. The summed E-state index contributed by atoms with van der Waals surface area (Å²) in [7, 11) is 0. The number of anilines is 1. The molecule has 1 aromatic carbocycles. The van der Waals surface area contributed by atoms with E-state index in [1.54, 1.807) is 0 Å². The number of aromatic amines is 1. The molecule has 1 heterocycles. The molecule has 0 spiro atoms. The highest BCUT2D eigenvalue weighted by atomic mass is 15.0. The smallest absolute Gasteiger partial charge is 0.198 e. The Morgan fingerprint density at radius 2 is 2.29 bits per heavy atom. The lowest BCUT2D eigenvalue weighted by atomic mass is 10.1. The Labute approximate surface area is 83.3 Å². The van der Waals surface area contributed by atoms with Crippen LogP contribution in [0.4, 0.5) is 5.95 Å². The van der Waals surface area contributed by atoms with Crippen molar-refractivity contribution in [2.24, 2.45) is 0 Å². The molecule has 0 fully saturated rings. The normalized spacial score (nSPS) is 10.9. The predicted octanol–water partition coefficient (Wildman–Crippen LogP) is 2.49. The lowest BCUT2D eigenvalue weighted by Crippen LogP contribution is -1.84. The molecule has 14 heavy (non-hydrogen) atoms. The fourth-order valence-corrected chi connectivity index (χ4v) is 1.61. The largest absolute Gasteiger partial charge is 0.369 e. The van der Waals surface area contributed by atoms with Gasteiger partial charge < -0.3 is 10.7 Å². The van der Waals surface area contributed by atoms with Crippen LogP contribution in [0.2, 0.25) is 0 Å². The summed E-state index contributed by atoms with van der Waals surface area (Å²) in [5.74, 6) is 0.493. The summed E-state index contributed by atoms with van der Waals surface area (Å²) in [5.41, 5.74) is 8.90. The van der Waals surface area contributed by atoms with Crippen LogP contribution in [-0.2, 0) is 6.42 Å². The molecule has 1 aromatic heterocycles. The van der Waals surface area contributed by atoms with Crippen LogP contribution in [-0.4, -0.2) is 9.97 Å². The molecule has 74 valence electrons. The maximum absolute atomic E-state index is 5.57. The Bertz CT molecular complexity index is 431. The van der Waals surface area contributed by atoms with E-state index in [-0.39, 0.29) is 0 Å². The number of H-pyrrole nitrogens is 1. The maximum atomic E-state index is 5.57. The lowest BCUT2D eigenvalue weighted by Gasteiger charge is -1.98. The standard InChI is InChI=1S/C11H15N3/c1-2-3-4-8-5-6-9-10(7-8)14-11(12)13-9/h5-7H,2-4H2,1H3,(H3,12,13,14). The van der Waals surface area contributed by atoms with Crippen LogP contribution in [0.3, 0.4) is 0 Å². The number of nitrogens with zero attached hydrogens (tertiary/aromatic N) is 1. The first kappa shape index (κ1) is 9.06. The van der Waals surface area contributed by atoms with Crippen LogP contribution in [0.25, 0.3) is 11.0 Å². The molecular weight excluding hydrogens is 174 g/mol. The van der Waals surface area contributed by atoms with Gasteiger partial charge in [0.1, 0.15) is 0 Å². The summed E-state index contributed by atoms with van der Waals surface area (Å²) < 4.78 is 0. The number of hydrogen-bond acceptors (Lipinski definition) is 2. The van der Waals surface area contributed by atoms with Gasteiger partial charge in [-0.3, -0.25) is 0 Å². The van der Waals surface area contributed by atoms with Crippen molar-refractivity contribution in [3.05, 3.63) is 23.8 Å². The zero-order valence-corrected chi connectivity index (χ0v) is 8.38. The summed E-state index contributed by atoms with van der Waals surface area (Å²) in [4.78, 5) is 7.21. The van der Waals surface area contributed by atoms with Gasteiger partial charge in [-0.05, 0) is 30.5 Å². The Morgan fingerprint density at radius 1 is 1.43 bits per heavy atom. The average Bonchev–Trinajstić information content (AvgIpc) is 2.54. The van der Waals surface area contributed by atoms with Gasteiger partial charge in [-0.1, -0.05) is 19.4 Å². The first-order valence-corrected chi connectivity index (χ1v) is 5.03. The maximum Gasteiger partial charge on any atom is 0.198 e. The van der Waals surface area contributed by atoms with E-state index in [2.05, 4.69) is 29.0 Å². The van der Waals surface area contributed by atoms with Crippen LogP contribution in [0.15, 0.2) is 18.2 Å². The van der Waals surface area contributed by atoms with Crippen molar-refractivity contribution < 1.29 is 0 Å². The summed E-state index contributed by atoms with van der Waals surface area (Å²) in [6.45, 7) is 2.20. The van der Waals surface area contributed by atoms with Gasteiger partial charge in [-0.15, -0.1) is 0 Å². The van der Waals surface area contributed by atoms with Crippen molar-refractivity contribution in [2.45, 2.75) is 26.2 Å². The number of nitrogens with two attached hydrogens (primary N) is 1. The Kier molecular flexibility index (Phi) is 2.39. The van der Waals surface area contributed by atoms with Crippen molar-refractivity contribution in [3.63, 3.8) is 0 Å². The Hall–Kier alpha value is -1.51. The summed E-state index contributed by atoms with van der Waals surface area (Å²) in [6.07, 6.45) is 3.57. The van der Waals surface area contributed by atoms with Gasteiger partial charge in [0.2, 0.25) is 0 Å². The molecule has 0 aliphatic carbocycles. The number of rotatable bonds is 3. The molecule has 0 amide bonds. The first-order valence-electron chi connectivity index (χ1n) is 5.03. The average molecular weight is 189 g/mol. The molecule has 0 aliphatic rings. The van der Waals surface area contributed by atoms with Crippen LogP contribution in [0.1, 0.15) is 25.3 Å². The molecule has 0 bridgehead atoms. The van der Waals surface area contributed by atoms with Crippen molar-refractivity contribution in [1.29, 1.82) is 0 Å². The van der Waals surface area contributed by atoms with E-state index in [1.165, 1.54) is 18.4 Å². The third-order valence-corrected chi connectivity index (χ3v) is 2.38. The Morgan fingerprint density at radius 3 is 3.07 bits per heavy atom. The number of hydrogen-bond donors (Lipinski definition) is 2. The van der Waals surface area contributed by atoms with E-state index in [4.69, 9.17) is 5.73 Å². The molecule has 2 rings (SSSR count). The van der Waals surface area contributed by atoms with Crippen LogP contribution in [0.5, 0.6) is 0 Å². The monoisotopic (exact) mass is 189 g/mol. The van der Waals surface area contributed by atoms with Crippen LogP contribution >= 0.6 is 0 Å².